The normalized spacial score (nSPS) is 13.4. The number of nitrogens with zero attached hydrogens (tertiary/aromatic N) is 1. The molecule has 0 radical (unpaired) electrons. The topological polar surface area (TPSA) is 12.9 Å². The number of hydrogen-bond acceptors (Lipinski definition) is 1. The van der Waals surface area contributed by atoms with Crippen molar-refractivity contribution in [3.05, 3.63) is 102 Å². The third-order valence-electron chi connectivity index (χ3n) is 5.06. The summed E-state index contributed by atoms with van der Waals surface area (Å²) in [5.74, 6) is 0. The van der Waals surface area contributed by atoms with Crippen molar-refractivity contribution in [2.45, 2.75) is 38.0 Å². The molecule has 1 heterocycles. The zero-order chi connectivity index (χ0) is 16.7. The Hall–Kier alpha value is -2.41. The first-order valence-electron chi connectivity index (χ1n) is 8.85. The van der Waals surface area contributed by atoms with Crippen molar-refractivity contribution in [1.82, 2.24) is 4.98 Å². The van der Waals surface area contributed by atoms with Crippen LogP contribution in [0, 0.1) is 0 Å². The minimum atomic E-state index is 0.0459. The minimum Gasteiger partial charge on any atom is -0.264 e. The molecule has 1 aromatic heterocycles. The van der Waals surface area contributed by atoms with E-state index in [1.54, 1.807) is 0 Å². The smallest absolute Gasteiger partial charge is 0.0308 e. The summed E-state index contributed by atoms with van der Waals surface area (Å²) in [4.78, 5) is 4.39. The Bertz CT molecular complexity index is 680. The third kappa shape index (κ3) is 3.56. The van der Waals surface area contributed by atoms with Crippen LogP contribution in [0.3, 0.4) is 0 Å². The van der Waals surface area contributed by atoms with E-state index < -0.39 is 0 Å². The summed E-state index contributed by atoms with van der Waals surface area (Å²) in [6.07, 6.45) is 8.40. The molecule has 1 atom stereocenters. The van der Waals surface area contributed by atoms with E-state index >= 15 is 0 Å². The van der Waals surface area contributed by atoms with Crippen LogP contribution < -0.4 is 0 Å². The van der Waals surface area contributed by atoms with Crippen LogP contribution in [0.2, 0.25) is 0 Å². The quantitative estimate of drug-likeness (QED) is 0.537. The molecule has 0 aliphatic heterocycles. The molecule has 1 nitrogen and oxygen atoms in total. The summed E-state index contributed by atoms with van der Waals surface area (Å²) in [5.41, 5.74) is 4.19. The lowest BCUT2D eigenvalue weighted by molar-refractivity contribution is 0.439. The number of pyridine rings is 1. The molecular weight excluding hydrogens is 290 g/mol. The van der Waals surface area contributed by atoms with Gasteiger partial charge in [0.15, 0.2) is 0 Å². The highest BCUT2D eigenvalue weighted by atomic mass is 14.6. The molecule has 2 aromatic carbocycles. The average Bonchev–Trinajstić information content (AvgIpc) is 2.68. The van der Waals surface area contributed by atoms with Crippen LogP contribution in [0.5, 0.6) is 0 Å². The van der Waals surface area contributed by atoms with E-state index in [0.29, 0.717) is 0 Å². The zero-order valence-corrected chi connectivity index (χ0v) is 14.4. The first-order chi connectivity index (χ1) is 11.8. The van der Waals surface area contributed by atoms with E-state index in [4.69, 9.17) is 0 Å². The average molecular weight is 315 g/mol. The summed E-state index contributed by atoms with van der Waals surface area (Å²) in [6.45, 7) is 2.29. The van der Waals surface area contributed by atoms with Gasteiger partial charge in [0.25, 0.3) is 0 Å². The number of aromatic nitrogens is 1. The Labute approximate surface area is 145 Å². The van der Waals surface area contributed by atoms with Crippen LogP contribution in [0.15, 0.2) is 85.2 Å². The van der Waals surface area contributed by atoms with Crippen molar-refractivity contribution < 1.29 is 0 Å². The minimum absolute atomic E-state index is 0.0459. The van der Waals surface area contributed by atoms with Crippen molar-refractivity contribution in [3.63, 3.8) is 0 Å². The number of rotatable bonds is 7. The molecule has 0 saturated heterocycles. The SMILES string of the molecule is CCC(CCCc1ccccc1)(c1ccccc1)c1cccnc1. The summed E-state index contributed by atoms with van der Waals surface area (Å²) < 4.78 is 0. The van der Waals surface area contributed by atoms with Gasteiger partial charge in [-0.1, -0.05) is 73.7 Å². The first kappa shape index (κ1) is 16.4. The largest absolute Gasteiger partial charge is 0.264 e. The predicted molar refractivity (Wildman–Crippen MR) is 101 cm³/mol. The van der Waals surface area contributed by atoms with Gasteiger partial charge in [0.05, 0.1) is 0 Å². The molecular formula is C23H25N. The highest BCUT2D eigenvalue weighted by molar-refractivity contribution is 5.38. The Kier molecular flexibility index (Phi) is 5.43. The van der Waals surface area contributed by atoms with E-state index in [-0.39, 0.29) is 5.41 Å². The molecule has 1 heteroatoms. The van der Waals surface area contributed by atoms with Gasteiger partial charge in [0, 0.05) is 17.8 Å². The molecule has 0 saturated carbocycles. The van der Waals surface area contributed by atoms with Gasteiger partial charge < -0.3 is 0 Å². The number of hydrogen-bond donors (Lipinski definition) is 0. The second kappa shape index (κ2) is 7.92. The maximum Gasteiger partial charge on any atom is 0.0308 e. The second-order valence-electron chi connectivity index (χ2n) is 6.38. The molecule has 0 amide bonds. The van der Waals surface area contributed by atoms with Crippen LogP contribution in [0.25, 0.3) is 0 Å². The summed E-state index contributed by atoms with van der Waals surface area (Å²) in [5, 5.41) is 0. The van der Waals surface area contributed by atoms with Gasteiger partial charge in [-0.15, -0.1) is 0 Å². The predicted octanol–water partition coefficient (Wildman–Crippen LogP) is 5.80. The lowest BCUT2D eigenvalue weighted by Crippen LogP contribution is -2.27. The van der Waals surface area contributed by atoms with Crippen molar-refractivity contribution >= 4 is 0 Å². The molecule has 0 spiro atoms. The summed E-state index contributed by atoms with van der Waals surface area (Å²) >= 11 is 0. The van der Waals surface area contributed by atoms with Crippen molar-refractivity contribution in [3.8, 4) is 0 Å². The fourth-order valence-corrected chi connectivity index (χ4v) is 3.68. The first-order valence-corrected chi connectivity index (χ1v) is 8.85. The zero-order valence-electron chi connectivity index (χ0n) is 14.4. The van der Waals surface area contributed by atoms with E-state index in [2.05, 4.69) is 84.7 Å². The van der Waals surface area contributed by atoms with Gasteiger partial charge in [-0.3, -0.25) is 4.98 Å². The standard InChI is InChI=1S/C23H25N/c1-2-23(21-14-7-4-8-15-21,22-16-10-18-24-19-22)17-9-13-20-11-5-3-6-12-20/h3-8,10-12,14-16,18-19H,2,9,13,17H2,1H3. The van der Waals surface area contributed by atoms with Gasteiger partial charge in [-0.2, -0.15) is 0 Å². The second-order valence-corrected chi connectivity index (χ2v) is 6.38. The molecule has 0 aliphatic carbocycles. The molecule has 1 unspecified atom stereocenters. The monoisotopic (exact) mass is 315 g/mol. The van der Waals surface area contributed by atoms with E-state index in [1.807, 2.05) is 12.4 Å². The molecule has 0 aliphatic rings. The highest BCUT2D eigenvalue weighted by Gasteiger charge is 2.31. The van der Waals surface area contributed by atoms with Crippen molar-refractivity contribution in [2.75, 3.05) is 0 Å². The lowest BCUT2D eigenvalue weighted by atomic mass is 9.69. The van der Waals surface area contributed by atoms with Crippen LogP contribution in [-0.2, 0) is 11.8 Å². The van der Waals surface area contributed by atoms with Gasteiger partial charge in [-0.25, -0.2) is 0 Å². The maximum atomic E-state index is 4.39. The lowest BCUT2D eigenvalue weighted by Gasteiger charge is -2.34. The molecule has 0 fully saturated rings. The molecule has 122 valence electrons. The Morgan fingerprint density at radius 3 is 2.08 bits per heavy atom. The van der Waals surface area contributed by atoms with Gasteiger partial charge >= 0.3 is 0 Å². The van der Waals surface area contributed by atoms with E-state index in [0.717, 1.165) is 19.3 Å². The van der Waals surface area contributed by atoms with E-state index in [1.165, 1.54) is 23.1 Å². The van der Waals surface area contributed by atoms with Crippen LogP contribution in [-0.4, -0.2) is 4.98 Å². The van der Waals surface area contributed by atoms with Crippen LogP contribution in [0.1, 0.15) is 42.9 Å². The molecule has 0 bridgehead atoms. The molecule has 3 rings (SSSR count). The van der Waals surface area contributed by atoms with Crippen molar-refractivity contribution in [2.24, 2.45) is 0 Å². The third-order valence-corrected chi connectivity index (χ3v) is 5.06. The van der Waals surface area contributed by atoms with Crippen LogP contribution >= 0.6 is 0 Å². The highest BCUT2D eigenvalue weighted by Crippen LogP contribution is 2.39. The molecule has 0 N–H and O–H groups in total. The Morgan fingerprint density at radius 1 is 0.792 bits per heavy atom. The Morgan fingerprint density at radius 2 is 1.46 bits per heavy atom. The van der Waals surface area contributed by atoms with E-state index in [9.17, 15) is 0 Å². The molecule has 24 heavy (non-hydrogen) atoms. The fourth-order valence-electron chi connectivity index (χ4n) is 3.68. The fraction of sp³-hybridized carbons (Fsp3) is 0.261. The Balaban J connectivity index is 1.87. The number of benzene rings is 2. The maximum absolute atomic E-state index is 4.39. The van der Waals surface area contributed by atoms with Gasteiger partial charge in [-0.05, 0) is 48.4 Å². The summed E-state index contributed by atoms with van der Waals surface area (Å²) in [7, 11) is 0. The van der Waals surface area contributed by atoms with Crippen molar-refractivity contribution in [1.29, 1.82) is 0 Å². The van der Waals surface area contributed by atoms with Crippen LogP contribution in [0.4, 0.5) is 0 Å². The summed E-state index contributed by atoms with van der Waals surface area (Å²) in [6, 6.07) is 26.0. The number of aryl methyl sites for hydroxylation is 1. The molecule has 3 aromatic rings. The van der Waals surface area contributed by atoms with Gasteiger partial charge in [0.2, 0.25) is 0 Å². The van der Waals surface area contributed by atoms with Gasteiger partial charge in [0.1, 0.15) is 0 Å².